The Morgan fingerprint density at radius 3 is 2.67 bits per heavy atom. The van der Waals surface area contributed by atoms with Gasteiger partial charge in [0.2, 0.25) is 0 Å². The van der Waals surface area contributed by atoms with E-state index in [-0.39, 0.29) is 5.91 Å². The van der Waals surface area contributed by atoms with Gasteiger partial charge in [0.15, 0.2) is 6.54 Å². The van der Waals surface area contributed by atoms with Crippen LogP contribution in [0.1, 0.15) is 50.5 Å². The number of rotatable bonds is 4. The molecule has 4 heteroatoms. The first-order valence-corrected chi connectivity index (χ1v) is 7.91. The number of nitriles is 1. The summed E-state index contributed by atoms with van der Waals surface area (Å²) in [6.45, 7) is 0.460. The maximum absolute atomic E-state index is 12.0. The molecule has 0 radical (unpaired) electrons. The van der Waals surface area contributed by atoms with Gasteiger partial charge >= 0.3 is 0 Å². The fourth-order valence-electron chi connectivity index (χ4n) is 2.88. The molecule has 0 bridgehead atoms. The highest BCUT2D eigenvalue weighted by Crippen LogP contribution is 2.15. The summed E-state index contributed by atoms with van der Waals surface area (Å²) in [5.41, 5.74) is 1.27. The van der Waals surface area contributed by atoms with Gasteiger partial charge in [-0.1, -0.05) is 25.3 Å². The fraction of sp³-hybridized carbons (Fsp3) is 0.529. The highest BCUT2D eigenvalue weighted by molar-refractivity contribution is 5.91. The second-order valence-electron chi connectivity index (χ2n) is 5.79. The maximum Gasteiger partial charge on any atom is 0.279 e. The van der Waals surface area contributed by atoms with Crippen molar-refractivity contribution in [2.45, 2.75) is 51.0 Å². The Kier molecular flexibility index (Phi) is 6.23. The molecule has 0 aliphatic heterocycles. The molecule has 21 heavy (non-hydrogen) atoms. The average Bonchev–Trinajstić information content (AvgIpc) is 2.46. The van der Waals surface area contributed by atoms with E-state index >= 15 is 0 Å². The molecule has 0 aromatic heterocycles. The Bertz CT molecular complexity index is 499. The number of nitrogens with one attached hydrogen (secondary N) is 1. The Morgan fingerprint density at radius 1 is 1.24 bits per heavy atom. The van der Waals surface area contributed by atoms with Crippen LogP contribution in [-0.2, 0) is 4.79 Å². The number of hydrogen-bond acceptors (Lipinski definition) is 2. The van der Waals surface area contributed by atoms with E-state index in [0.29, 0.717) is 23.8 Å². The van der Waals surface area contributed by atoms with Crippen molar-refractivity contribution in [3.8, 4) is 6.07 Å². The minimum atomic E-state index is 0.00662. The average molecular weight is 286 g/mol. The van der Waals surface area contributed by atoms with Crippen LogP contribution >= 0.6 is 0 Å². The van der Waals surface area contributed by atoms with Crippen LogP contribution < -0.4 is 10.6 Å². The van der Waals surface area contributed by atoms with Crippen LogP contribution in [0.3, 0.4) is 0 Å². The molecular weight excluding hydrogens is 262 g/mol. The fourth-order valence-corrected chi connectivity index (χ4v) is 2.88. The SMILES string of the molecule is N#Cc1cccc(NC(=O)C[NH2+]C2CCCCCCC2)c1. The van der Waals surface area contributed by atoms with Gasteiger partial charge in [-0.3, -0.25) is 4.79 Å². The predicted molar refractivity (Wildman–Crippen MR) is 82.7 cm³/mol. The van der Waals surface area contributed by atoms with Gasteiger partial charge < -0.3 is 10.6 Å². The van der Waals surface area contributed by atoms with E-state index in [9.17, 15) is 4.79 Å². The van der Waals surface area contributed by atoms with E-state index in [1.807, 2.05) is 6.07 Å². The van der Waals surface area contributed by atoms with Crippen molar-refractivity contribution in [2.75, 3.05) is 11.9 Å². The van der Waals surface area contributed by atoms with Gasteiger partial charge in [0.05, 0.1) is 17.7 Å². The third-order valence-electron chi connectivity index (χ3n) is 4.06. The number of amides is 1. The summed E-state index contributed by atoms with van der Waals surface area (Å²) in [5.74, 6) is 0.00662. The number of anilines is 1. The minimum absolute atomic E-state index is 0.00662. The molecule has 0 saturated heterocycles. The van der Waals surface area contributed by atoms with Crippen LogP contribution in [-0.4, -0.2) is 18.5 Å². The number of quaternary nitrogens is 1. The van der Waals surface area contributed by atoms with Crippen LogP contribution in [0.15, 0.2) is 24.3 Å². The zero-order valence-electron chi connectivity index (χ0n) is 12.5. The van der Waals surface area contributed by atoms with Crippen LogP contribution in [0.2, 0.25) is 0 Å². The van der Waals surface area contributed by atoms with E-state index in [4.69, 9.17) is 5.26 Å². The molecule has 0 spiro atoms. The standard InChI is InChI=1S/C17H23N3O/c18-12-14-7-6-10-16(11-14)20-17(21)13-19-15-8-4-2-1-3-5-9-15/h6-7,10-11,15,19H,1-5,8-9,13H2,(H,20,21)/p+1. The second kappa shape index (κ2) is 8.43. The molecule has 1 saturated carbocycles. The molecule has 2 rings (SSSR count). The lowest BCUT2D eigenvalue weighted by molar-refractivity contribution is -0.680. The molecule has 112 valence electrons. The summed E-state index contributed by atoms with van der Waals surface area (Å²) in [4.78, 5) is 12.0. The first-order chi connectivity index (χ1) is 10.3. The minimum Gasteiger partial charge on any atom is -0.336 e. The summed E-state index contributed by atoms with van der Waals surface area (Å²) >= 11 is 0. The van der Waals surface area contributed by atoms with E-state index < -0.39 is 0 Å². The first kappa shape index (κ1) is 15.5. The molecule has 0 unspecified atom stereocenters. The Hall–Kier alpha value is -1.86. The molecular formula is C17H24N3O+. The number of hydrogen-bond donors (Lipinski definition) is 2. The lowest BCUT2D eigenvalue weighted by atomic mass is 9.97. The Morgan fingerprint density at radius 2 is 1.95 bits per heavy atom. The molecule has 3 N–H and O–H groups in total. The predicted octanol–water partition coefficient (Wildman–Crippen LogP) is 2.17. The van der Waals surface area contributed by atoms with Gasteiger partial charge in [-0.25, -0.2) is 0 Å². The molecule has 1 aliphatic rings. The van der Waals surface area contributed by atoms with Gasteiger partial charge in [0.25, 0.3) is 5.91 Å². The zero-order valence-corrected chi connectivity index (χ0v) is 12.5. The van der Waals surface area contributed by atoms with Crippen molar-refractivity contribution >= 4 is 11.6 Å². The topological polar surface area (TPSA) is 69.5 Å². The quantitative estimate of drug-likeness (QED) is 0.890. The van der Waals surface area contributed by atoms with Gasteiger partial charge in [0.1, 0.15) is 0 Å². The monoisotopic (exact) mass is 286 g/mol. The van der Waals surface area contributed by atoms with Crippen molar-refractivity contribution in [2.24, 2.45) is 0 Å². The second-order valence-corrected chi connectivity index (χ2v) is 5.79. The van der Waals surface area contributed by atoms with Gasteiger partial charge in [-0.05, 0) is 43.9 Å². The summed E-state index contributed by atoms with van der Waals surface area (Å²) < 4.78 is 0. The van der Waals surface area contributed by atoms with Crippen LogP contribution in [0.4, 0.5) is 5.69 Å². The molecule has 1 fully saturated rings. The largest absolute Gasteiger partial charge is 0.336 e. The molecule has 4 nitrogen and oxygen atoms in total. The highest BCUT2D eigenvalue weighted by Gasteiger charge is 2.15. The van der Waals surface area contributed by atoms with Gasteiger partial charge in [-0.2, -0.15) is 5.26 Å². The molecule has 1 aromatic rings. The summed E-state index contributed by atoms with van der Waals surface area (Å²) in [5, 5.41) is 13.9. The van der Waals surface area contributed by atoms with E-state index in [0.717, 1.165) is 0 Å². The van der Waals surface area contributed by atoms with Gasteiger partial charge in [0, 0.05) is 5.69 Å². The summed E-state index contributed by atoms with van der Waals surface area (Å²) in [6.07, 6.45) is 9.03. The molecule has 0 atom stereocenters. The lowest BCUT2D eigenvalue weighted by Gasteiger charge is -2.18. The zero-order chi connectivity index (χ0) is 14.9. The van der Waals surface area contributed by atoms with Crippen molar-refractivity contribution in [3.63, 3.8) is 0 Å². The van der Waals surface area contributed by atoms with Crippen molar-refractivity contribution in [1.29, 1.82) is 5.26 Å². The van der Waals surface area contributed by atoms with E-state index in [1.165, 1.54) is 44.9 Å². The lowest BCUT2D eigenvalue weighted by Crippen LogP contribution is -2.91. The van der Waals surface area contributed by atoms with Crippen LogP contribution in [0, 0.1) is 11.3 Å². The Labute approximate surface area is 126 Å². The summed E-state index contributed by atoms with van der Waals surface area (Å²) in [6, 6.07) is 9.70. The van der Waals surface area contributed by atoms with E-state index in [2.05, 4.69) is 16.7 Å². The first-order valence-electron chi connectivity index (χ1n) is 7.91. The van der Waals surface area contributed by atoms with Crippen LogP contribution in [0.5, 0.6) is 0 Å². The molecule has 0 heterocycles. The number of carbonyl (C=O) groups is 1. The number of nitrogens with two attached hydrogens (primary N) is 1. The molecule has 1 aliphatic carbocycles. The third-order valence-corrected chi connectivity index (χ3v) is 4.06. The molecule has 1 amide bonds. The number of carbonyl (C=O) groups excluding carboxylic acids is 1. The molecule has 1 aromatic carbocycles. The smallest absolute Gasteiger partial charge is 0.279 e. The van der Waals surface area contributed by atoms with Crippen molar-refractivity contribution < 1.29 is 10.1 Å². The number of nitrogens with zero attached hydrogens (tertiary/aromatic N) is 1. The normalized spacial score (nSPS) is 16.5. The van der Waals surface area contributed by atoms with Crippen molar-refractivity contribution in [3.05, 3.63) is 29.8 Å². The van der Waals surface area contributed by atoms with Gasteiger partial charge in [-0.15, -0.1) is 0 Å². The maximum atomic E-state index is 12.0. The Balaban J connectivity index is 1.77. The number of benzene rings is 1. The third kappa shape index (κ3) is 5.57. The van der Waals surface area contributed by atoms with E-state index in [1.54, 1.807) is 18.2 Å². The summed E-state index contributed by atoms with van der Waals surface area (Å²) in [7, 11) is 0. The highest BCUT2D eigenvalue weighted by atomic mass is 16.1. The van der Waals surface area contributed by atoms with Crippen LogP contribution in [0.25, 0.3) is 0 Å². The van der Waals surface area contributed by atoms with Crippen molar-refractivity contribution in [1.82, 2.24) is 0 Å².